The Labute approximate surface area is 181 Å². The van der Waals surface area contributed by atoms with Gasteiger partial charge in [-0.3, -0.25) is 0 Å². The van der Waals surface area contributed by atoms with Crippen LogP contribution in [0.15, 0.2) is 59.8 Å². The van der Waals surface area contributed by atoms with Gasteiger partial charge in [0.25, 0.3) is 0 Å². The minimum Gasteiger partial charge on any atom is -0.494 e. The highest BCUT2D eigenvalue weighted by Crippen LogP contribution is 2.23. The molecule has 0 radical (unpaired) electrons. The van der Waals surface area contributed by atoms with Crippen LogP contribution in [0, 0.1) is 11.3 Å². The number of benzene rings is 2. The topological polar surface area (TPSA) is 111 Å². The van der Waals surface area contributed by atoms with Gasteiger partial charge in [0.1, 0.15) is 17.4 Å². The first kappa shape index (κ1) is 21.5. The van der Waals surface area contributed by atoms with Crippen LogP contribution in [-0.4, -0.2) is 22.3 Å². The quantitative estimate of drug-likeness (QED) is 0.273. The van der Waals surface area contributed by atoms with Crippen molar-refractivity contribution in [3.63, 3.8) is 0 Å². The highest BCUT2D eigenvalue weighted by molar-refractivity contribution is 7.99. The van der Waals surface area contributed by atoms with Crippen LogP contribution in [0.1, 0.15) is 31.2 Å². The lowest BCUT2D eigenvalue weighted by atomic mass is 10.0. The number of nitriles is 1. The Balaban J connectivity index is 1.30. The average molecular weight is 420 g/mol. The smallest absolute Gasteiger partial charge is 0.191 e. The van der Waals surface area contributed by atoms with E-state index in [0.29, 0.717) is 29.0 Å². The lowest BCUT2D eigenvalue weighted by Crippen LogP contribution is -1.99. The van der Waals surface area contributed by atoms with Crippen LogP contribution in [0.25, 0.3) is 11.1 Å². The summed E-state index contributed by atoms with van der Waals surface area (Å²) in [6.07, 6.45) is 4.35. The minimum atomic E-state index is 0.409. The predicted molar refractivity (Wildman–Crippen MR) is 122 cm³/mol. The number of hydrogen-bond acceptors (Lipinski definition) is 7. The summed E-state index contributed by atoms with van der Waals surface area (Å²) < 4.78 is 5.84. The van der Waals surface area contributed by atoms with E-state index in [1.807, 2.05) is 48.5 Å². The lowest BCUT2D eigenvalue weighted by molar-refractivity contribution is 0.305. The van der Waals surface area contributed by atoms with Crippen molar-refractivity contribution in [1.82, 2.24) is 9.97 Å². The molecule has 1 heterocycles. The number of nitrogen functional groups attached to an aromatic ring is 2. The molecule has 0 aliphatic carbocycles. The number of aromatic nitrogens is 2. The molecular formula is C23H25N5OS. The molecule has 3 rings (SSSR count). The van der Waals surface area contributed by atoms with Crippen molar-refractivity contribution in [3.05, 3.63) is 60.2 Å². The van der Waals surface area contributed by atoms with E-state index in [9.17, 15) is 0 Å². The summed E-state index contributed by atoms with van der Waals surface area (Å²) in [5.74, 6) is 2.64. The van der Waals surface area contributed by atoms with Crippen molar-refractivity contribution < 1.29 is 4.74 Å². The van der Waals surface area contributed by atoms with E-state index in [2.05, 4.69) is 16.0 Å². The molecule has 30 heavy (non-hydrogen) atoms. The van der Waals surface area contributed by atoms with Crippen LogP contribution in [-0.2, 0) is 0 Å². The van der Waals surface area contributed by atoms with Gasteiger partial charge < -0.3 is 16.2 Å². The van der Waals surface area contributed by atoms with Gasteiger partial charge in [0.15, 0.2) is 5.16 Å². The van der Waals surface area contributed by atoms with Crippen LogP contribution in [0.4, 0.5) is 11.6 Å². The van der Waals surface area contributed by atoms with Gasteiger partial charge in [-0.05, 0) is 48.2 Å². The third-order valence-corrected chi connectivity index (χ3v) is 5.42. The van der Waals surface area contributed by atoms with Gasteiger partial charge in [-0.2, -0.15) is 5.26 Å². The molecule has 0 atom stereocenters. The highest BCUT2D eigenvalue weighted by Gasteiger charge is 2.02. The van der Waals surface area contributed by atoms with Crippen molar-refractivity contribution in [3.8, 4) is 22.9 Å². The zero-order valence-corrected chi connectivity index (χ0v) is 17.6. The summed E-state index contributed by atoms with van der Waals surface area (Å²) in [4.78, 5) is 8.33. The van der Waals surface area contributed by atoms with Gasteiger partial charge in [0.2, 0.25) is 0 Å². The monoisotopic (exact) mass is 419 g/mol. The summed E-state index contributed by atoms with van der Waals surface area (Å²) >= 11 is 1.58. The largest absolute Gasteiger partial charge is 0.494 e. The second-order valence-electron chi connectivity index (χ2n) is 6.82. The number of hydrogen-bond donors (Lipinski definition) is 2. The van der Waals surface area contributed by atoms with Crippen molar-refractivity contribution in [2.45, 2.75) is 30.8 Å². The molecule has 3 aromatic rings. The highest BCUT2D eigenvalue weighted by atomic mass is 32.2. The Bertz CT molecular complexity index is 964. The molecule has 6 nitrogen and oxygen atoms in total. The molecule has 0 amide bonds. The fourth-order valence-corrected chi connectivity index (χ4v) is 3.79. The van der Waals surface area contributed by atoms with Gasteiger partial charge in [-0.1, -0.05) is 48.9 Å². The molecular weight excluding hydrogens is 394 g/mol. The van der Waals surface area contributed by atoms with Crippen molar-refractivity contribution in [2.24, 2.45) is 0 Å². The van der Waals surface area contributed by atoms with Crippen LogP contribution in [0.5, 0.6) is 5.75 Å². The maximum Gasteiger partial charge on any atom is 0.191 e. The number of ether oxygens (including phenoxy) is 1. The van der Waals surface area contributed by atoms with Crippen LogP contribution < -0.4 is 16.2 Å². The SMILES string of the molecule is N#Cc1ccc(-c2ccc(OCCCCCCSc3nc(N)cc(N)n3)cc2)cc1. The van der Waals surface area contributed by atoms with Gasteiger partial charge in [0, 0.05) is 11.8 Å². The van der Waals surface area contributed by atoms with E-state index in [1.54, 1.807) is 17.8 Å². The Morgan fingerprint density at radius 3 is 2.07 bits per heavy atom. The van der Waals surface area contributed by atoms with E-state index >= 15 is 0 Å². The van der Waals surface area contributed by atoms with Crippen molar-refractivity contribution in [1.29, 1.82) is 5.26 Å². The Hall–Kier alpha value is -3.24. The lowest BCUT2D eigenvalue weighted by Gasteiger charge is -2.08. The first-order valence-electron chi connectivity index (χ1n) is 9.90. The number of nitrogens with zero attached hydrogens (tertiary/aromatic N) is 3. The van der Waals surface area contributed by atoms with Crippen LogP contribution in [0.2, 0.25) is 0 Å². The van der Waals surface area contributed by atoms with Crippen molar-refractivity contribution in [2.75, 3.05) is 23.8 Å². The second-order valence-corrected chi connectivity index (χ2v) is 7.89. The molecule has 0 unspecified atom stereocenters. The summed E-state index contributed by atoms with van der Waals surface area (Å²) in [5.41, 5.74) is 14.2. The molecule has 0 bridgehead atoms. The van der Waals surface area contributed by atoms with Gasteiger partial charge in [0.05, 0.1) is 18.2 Å². The maximum atomic E-state index is 8.88. The average Bonchev–Trinajstić information content (AvgIpc) is 2.75. The van der Waals surface area contributed by atoms with Crippen molar-refractivity contribution >= 4 is 23.4 Å². The molecule has 154 valence electrons. The molecule has 0 saturated carbocycles. The molecule has 7 heteroatoms. The second kappa shape index (κ2) is 11.1. The third-order valence-electron chi connectivity index (χ3n) is 4.49. The molecule has 2 aromatic carbocycles. The first-order chi connectivity index (χ1) is 14.6. The summed E-state index contributed by atoms with van der Waals surface area (Å²) in [6.45, 7) is 0.707. The standard InChI is InChI=1S/C23H25N5OS/c24-16-17-5-7-18(8-6-17)19-9-11-20(12-10-19)29-13-3-1-2-4-14-30-23-27-21(25)15-22(26)28-23/h5-12,15H,1-4,13-14H2,(H4,25,26,27,28). The molecule has 0 aliphatic heterocycles. The summed E-state index contributed by atoms with van der Waals surface area (Å²) in [6, 6.07) is 19.3. The van der Waals surface area contributed by atoms with E-state index in [4.69, 9.17) is 21.5 Å². The Kier molecular flexibility index (Phi) is 7.93. The number of thioether (sulfide) groups is 1. The Morgan fingerprint density at radius 1 is 0.833 bits per heavy atom. The number of unbranched alkanes of at least 4 members (excludes halogenated alkanes) is 3. The molecule has 0 aliphatic rings. The maximum absolute atomic E-state index is 8.88. The van der Waals surface area contributed by atoms with Gasteiger partial charge >= 0.3 is 0 Å². The van der Waals surface area contributed by atoms with E-state index in [0.717, 1.165) is 48.3 Å². The van der Waals surface area contributed by atoms with Crippen LogP contribution >= 0.6 is 11.8 Å². The molecule has 1 aromatic heterocycles. The van der Waals surface area contributed by atoms with Gasteiger partial charge in [-0.25, -0.2) is 9.97 Å². The minimum absolute atomic E-state index is 0.409. The van der Waals surface area contributed by atoms with E-state index < -0.39 is 0 Å². The third kappa shape index (κ3) is 6.68. The number of rotatable bonds is 10. The van der Waals surface area contributed by atoms with E-state index in [-0.39, 0.29) is 0 Å². The van der Waals surface area contributed by atoms with Gasteiger partial charge in [-0.15, -0.1) is 0 Å². The summed E-state index contributed by atoms with van der Waals surface area (Å²) in [5, 5.41) is 9.52. The number of nitrogens with two attached hydrogens (primary N) is 2. The summed E-state index contributed by atoms with van der Waals surface area (Å²) in [7, 11) is 0. The molecule has 0 saturated heterocycles. The zero-order valence-electron chi connectivity index (χ0n) is 16.8. The normalized spacial score (nSPS) is 10.5. The number of anilines is 2. The Morgan fingerprint density at radius 2 is 1.43 bits per heavy atom. The fraction of sp³-hybridized carbons (Fsp3) is 0.261. The zero-order chi connectivity index (χ0) is 21.2. The molecule has 0 fully saturated rings. The molecule has 4 N–H and O–H groups in total. The van der Waals surface area contributed by atoms with E-state index in [1.165, 1.54) is 0 Å². The predicted octanol–water partition coefficient (Wildman–Crippen LogP) is 4.91. The fourth-order valence-electron chi connectivity index (χ4n) is 2.92. The molecule has 0 spiro atoms. The first-order valence-corrected chi connectivity index (χ1v) is 10.9. The van der Waals surface area contributed by atoms with Crippen LogP contribution in [0.3, 0.4) is 0 Å².